The van der Waals surface area contributed by atoms with Crippen molar-refractivity contribution in [1.82, 2.24) is 14.5 Å². The van der Waals surface area contributed by atoms with Crippen LogP contribution >= 0.6 is 0 Å². The number of ether oxygens (including phenoxy) is 1. The van der Waals surface area contributed by atoms with E-state index in [4.69, 9.17) is 15.6 Å². The van der Waals surface area contributed by atoms with E-state index in [0.717, 1.165) is 0 Å². The summed E-state index contributed by atoms with van der Waals surface area (Å²) in [6.45, 7) is 3.97. The molecule has 0 spiro atoms. The van der Waals surface area contributed by atoms with Crippen molar-refractivity contribution >= 4 is 23.2 Å². The van der Waals surface area contributed by atoms with Gasteiger partial charge in [-0.15, -0.1) is 0 Å². The van der Waals surface area contributed by atoms with Crippen LogP contribution in [0.4, 0.5) is 5.95 Å². The molecule has 0 fully saturated rings. The number of aromatic amines is 1. The molecular formula is C11H16N5O3+. The molecule has 0 aliphatic heterocycles. The third-order valence-electron chi connectivity index (χ3n) is 2.74. The lowest BCUT2D eigenvalue weighted by Gasteiger charge is -2.01. The van der Waals surface area contributed by atoms with Crippen LogP contribution in [0.3, 0.4) is 0 Å². The van der Waals surface area contributed by atoms with E-state index in [1.165, 1.54) is 0 Å². The van der Waals surface area contributed by atoms with Gasteiger partial charge in [0.1, 0.15) is 0 Å². The Kier molecular flexibility index (Phi) is 3.63. The van der Waals surface area contributed by atoms with Crippen LogP contribution in [-0.2, 0) is 18.5 Å². The lowest BCUT2D eigenvalue weighted by atomic mass is 10.5. The predicted molar refractivity (Wildman–Crippen MR) is 69.1 cm³/mol. The summed E-state index contributed by atoms with van der Waals surface area (Å²) in [5.41, 5.74) is 6.03. The minimum atomic E-state index is -0.325. The number of aliphatic hydroxyl groups is 1. The van der Waals surface area contributed by atoms with Crippen molar-refractivity contribution in [2.24, 2.45) is 7.05 Å². The van der Waals surface area contributed by atoms with Gasteiger partial charge in [0, 0.05) is 6.08 Å². The summed E-state index contributed by atoms with van der Waals surface area (Å²) in [5.74, 6) is 0.700. The number of rotatable bonds is 5. The molecule has 2 rings (SSSR count). The number of nitrogens with zero attached hydrogens (tertiary/aromatic N) is 3. The van der Waals surface area contributed by atoms with E-state index in [2.05, 4.69) is 16.5 Å². The second-order valence-corrected chi connectivity index (χ2v) is 3.93. The van der Waals surface area contributed by atoms with Gasteiger partial charge in [-0.3, -0.25) is 14.3 Å². The number of aromatic nitrogens is 4. The fraction of sp³-hybridized carbons (Fsp3) is 0.364. The zero-order valence-corrected chi connectivity index (χ0v) is 10.6. The Morgan fingerprint density at radius 1 is 1.68 bits per heavy atom. The molecule has 2 aromatic rings. The van der Waals surface area contributed by atoms with Crippen LogP contribution in [0.1, 0.15) is 5.82 Å². The Morgan fingerprint density at radius 2 is 2.42 bits per heavy atom. The van der Waals surface area contributed by atoms with Crippen molar-refractivity contribution in [3.63, 3.8) is 0 Å². The minimum absolute atomic E-state index is 0.0367. The molecule has 102 valence electrons. The molecule has 0 atom stereocenters. The van der Waals surface area contributed by atoms with E-state index in [9.17, 15) is 4.79 Å². The second kappa shape index (κ2) is 5.21. The Hall–Kier alpha value is -2.19. The van der Waals surface area contributed by atoms with E-state index >= 15 is 0 Å². The molecule has 8 nitrogen and oxygen atoms in total. The first-order chi connectivity index (χ1) is 9.10. The number of aryl methyl sites for hydroxylation is 1. The quantitative estimate of drug-likeness (QED) is 0.462. The van der Waals surface area contributed by atoms with Crippen molar-refractivity contribution in [3.05, 3.63) is 22.8 Å². The van der Waals surface area contributed by atoms with E-state index in [1.54, 1.807) is 22.3 Å². The van der Waals surface area contributed by atoms with Crippen LogP contribution in [-0.4, -0.2) is 32.9 Å². The van der Waals surface area contributed by atoms with Crippen molar-refractivity contribution < 1.29 is 14.4 Å². The molecule has 0 amide bonds. The average Bonchev–Trinajstić information content (AvgIpc) is 2.62. The Morgan fingerprint density at radius 3 is 3.05 bits per heavy atom. The summed E-state index contributed by atoms with van der Waals surface area (Å²) in [6.07, 6.45) is 1.60. The Labute approximate surface area is 108 Å². The molecular weight excluding hydrogens is 250 g/mol. The minimum Gasteiger partial charge on any atom is -0.394 e. The molecule has 0 bridgehead atoms. The number of H-pyrrole nitrogens is 1. The molecule has 0 aliphatic carbocycles. The zero-order valence-electron chi connectivity index (χ0n) is 10.6. The van der Waals surface area contributed by atoms with Gasteiger partial charge in [-0.25, -0.2) is 4.57 Å². The largest absolute Gasteiger partial charge is 0.394 e. The number of fused-ring (bicyclic) bond motifs is 1. The maximum atomic E-state index is 11.9. The molecule has 0 unspecified atom stereocenters. The zero-order chi connectivity index (χ0) is 14.0. The van der Waals surface area contributed by atoms with E-state index < -0.39 is 0 Å². The number of nitrogen functional groups attached to an aromatic ring is 1. The molecule has 0 radical (unpaired) electrons. The third kappa shape index (κ3) is 2.23. The number of hydrogen-bond donors (Lipinski definition) is 3. The van der Waals surface area contributed by atoms with Crippen molar-refractivity contribution in [2.45, 2.75) is 6.73 Å². The molecule has 8 heteroatoms. The number of aliphatic hydroxyl groups excluding tert-OH is 1. The van der Waals surface area contributed by atoms with Crippen LogP contribution in [0, 0.1) is 0 Å². The number of anilines is 1. The van der Waals surface area contributed by atoms with E-state index in [1.807, 2.05) is 0 Å². The average molecular weight is 266 g/mol. The molecule has 4 N–H and O–H groups in total. The summed E-state index contributed by atoms with van der Waals surface area (Å²) < 4.78 is 8.60. The normalized spacial score (nSPS) is 11.1. The number of hydrogen-bond acceptors (Lipinski definition) is 5. The summed E-state index contributed by atoms with van der Waals surface area (Å²) in [7, 11) is 1.73. The standard InChI is InChI=1S/C11H15N5O3/c1-3-7-15(2)8-9(13-11(12)14-10(8)18)16(7)6-19-5-4-17/h3,17H,1,4-6H2,2H3,(H2-,12,13,14,18)/p+1. The summed E-state index contributed by atoms with van der Waals surface area (Å²) in [4.78, 5) is 18.5. The molecule has 19 heavy (non-hydrogen) atoms. The van der Waals surface area contributed by atoms with Gasteiger partial charge in [-0.1, -0.05) is 11.6 Å². The van der Waals surface area contributed by atoms with Gasteiger partial charge in [0.25, 0.3) is 11.5 Å². The monoisotopic (exact) mass is 266 g/mol. The van der Waals surface area contributed by atoms with Crippen molar-refractivity contribution in [2.75, 3.05) is 18.9 Å². The lowest BCUT2D eigenvalue weighted by Crippen LogP contribution is -2.39. The summed E-state index contributed by atoms with van der Waals surface area (Å²) in [6, 6.07) is 0. The van der Waals surface area contributed by atoms with Crippen LogP contribution < -0.4 is 15.9 Å². The number of nitrogens with one attached hydrogen (secondary N) is 1. The second-order valence-electron chi connectivity index (χ2n) is 3.93. The fourth-order valence-corrected chi connectivity index (χ4v) is 1.96. The highest BCUT2D eigenvalue weighted by molar-refractivity contribution is 5.69. The molecule has 0 saturated carbocycles. The van der Waals surface area contributed by atoms with Gasteiger partial charge in [0.2, 0.25) is 11.3 Å². The van der Waals surface area contributed by atoms with Gasteiger partial charge in [0.05, 0.1) is 20.3 Å². The van der Waals surface area contributed by atoms with Crippen LogP contribution in [0.2, 0.25) is 0 Å². The van der Waals surface area contributed by atoms with Gasteiger partial charge in [0.15, 0.2) is 6.73 Å². The fourth-order valence-electron chi connectivity index (χ4n) is 1.96. The number of nitrogens with two attached hydrogens (primary N) is 1. The highest BCUT2D eigenvalue weighted by Gasteiger charge is 2.24. The van der Waals surface area contributed by atoms with Crippen LogP contribution in [0.15, 0.2) is 11.4 Å². The first-order valence-corrected chi connectivity index (χ1v) is 5.69. The van der Waals surface area contributed by atoms with Crippen molar-refractivity contribution in [3.8, 4) is 0 Å². The van der Waals surface area contributed by atoms with Crippen LogP contribution in [0.25, 0.3) is 17.2 Å². The molecule has 2 heterocycles. The highest BCUT2D eigenvalue weighted by atomic mass is 16.5. The van der Waals surface area contributed by atoms with E-state index in [-0.39, 0.29) is 31.5 Å². The van der Waals surface area contributed by atoms with Crippen molar-refractivity contribution in [1.29, 1.82) is 0 Å². The molecule has 0 aromatic carbocycles. The highest BCUT2D eigenvalue weighted by Crippen LogP contribution is 2.08. The number of imidazole rings is 1. The Balaban J connectivity index is 2.65. The van der Waals surface area contributed by atoms with Gasteiger partial charge < -0.3 is 15.6 Å². The first-order valence-electron chi connectivity index (χ1n) is 5.69. The summed E-state index contributed by atoms with van der Waals surface area (Å²) in [5, 5.41) is 8.73. The van der Waals surface area contributed by atoms with Gasteiger partial charge in [-0.2, -0.15) is 0 Å². The molecule has 0 saturated heterocycles. The first kappa shape index (κ1) is 13.2. The summed E-state index contributed by atoms with van der Waals surface area (Å²) >= 11 is 0. The topological polar surface area (TPSA) is 110 Å². The van der Waals surface area contributed by atoms with Crippen LogP contribution in [0.5, 0.6) is 0 Å². The smallest absolute Gasteiger partial charge is 0.314 e. The SMILES string of the molecule is C=Cc1n(C)c2c(=O)[nH]c(N)nc2[n+]1COCCO. The molecule has 2 aromatic heterocycles. The lowest BCUT2D eigenvalue weighted by molar-refractivity contribution is -0.713. The maximum Gasteiger partial charge on any atom is 0.314 e. The Bertz CT molecular complexity index is 673. The maximum absolute atomic E-state index is 11.9. The van der Waals surface area contributed by atoms with Gasteiger partial charge >= 0.3 is 5.65 Å². The predicted octanol–water partition coefficient (Wildman–Crippen LogP) is -1.26. The third-order valence-corrected chi connectivity index (χ3v) is 2.74. The van der Waals surface area contributed by atoms with Gasteiger partial charge in [-0.05, 0) is 0 Å². The van der Waals surface area contributed by atoms with E-state index in [0.29, 0.717) is 17.0 Å². The molecule has 0 aliphatic rings.